The second-order valence-electron chi connectivity index (χ2n) is 12.0. The van der Waals surface area contributed by atoms with Crippen LogP contribution >= 0.6 is 0 Å². The summed E-state index contributed by atoms with van der Waals surface area (Å²) in [4.78, 5) is 52.7. The molecule has 5 rings (SSSR count). The van der Waals surface area contributed by atoms with Crippen molar-refractivity contribution in [2.75, 3.05) is 6.61 Å². The number of hydrogen-bond donors (Lipinski definition) is 12. The summed E-state index contributed by atoms with van der Waals surface area (Å²) in [5.41, 5.74) is -1.73. The largest absolute Gasteiger partial charge is 0.504 e. The van der Waals surface area contributed by atoms with Gasteiger partial charge in [-0.15, -0.1) is 0 Å². The molecular weight excluding hydrogens is 768 g/mol. The summed E-state index contributed by atoms with van der Waals surface area (Å²) in [6.07, 6.45) is -8.87. The van der Waals surface area contributed by atoms with E-state index in [1.807, 2.05) is 0 Å². The third-order valence-electron chi connectivity index (χ3n) is 8.04. The predicted octanol–water partition coefficient (Wildman–Crippen LogP) is 1.40. The lowest BCUT2D eigenvalue weighted by atomic mass is 9.98. The van der Waals surface area contributed by atoms with Crippen LogP contribution in [0.4, 0.5) is 0 Å². The van der Waals surface area contributed by atoms with E-state index in [0.29, 0.717) is 36.4 Å². The molecule has 1 aliphatic heterocycles. The lowest BCUT2D eigenvalue weighted by molar-refractivity contribution is -0.284. The molecule has 0 bridgehead atoms. The minimum Gasteiger partial charge on any atom is -0.504 e. The zero-order chi connectivity index (χ0) is 41.9. The van der Waals surface area contributed by atoms with Gasteiger partial charge >= 0.3 is 23.9 Å². The smallest absolute Gasteiger partial charge is 0.340 e. The quantitative estimate of drug-likeness (QED) is 0.0467. The topological polar surface area (TPSA) is 357 Å². The molecule has 0 aliphatic carbocycles. The van der Waals surface area contributed by atoms with Crippen molar-refractivity contribution in [2.24, 2.45) is 0 Å². The molecule has 12 N–H and O–H groups in total. The van der Waals surface area contributed by atoms with Gasteiger partial charge in [-0.05, 0) is 60.2 Å². The fourth-order valence-corrected chi connectivity index (χ4v) is 5.15. The second-order valence-corrected chi connectivity index (χ2v) is 12.0. The number of benzene rings is 4. The molecule has 0 saturated carbocycles. The van der Waals surface area contributed by atoms with E-state index in [1.165, 1.54) is 6.07 Å². The Labute approximate surface area is 317 Å². The van der Waals surface area contributed by atoms with Crippen LogP contribution in [0.1, 0.15) is 36.6 Å². The molecule has 1 aliphatic rings. The Balaban J connectivity index is 1.52. The fourth-order valence-electron chi connectivity index (χ4n) is 5.15. The van der Waals surface area contributed by atoms with Gasteiger partial charge in [0.1, 0.15) is 12.7 Å². The first-order valence-electron chi connectivity index (χ1n) is 15.9. The number of aliphatic hydroxyl groups is 1. The molecule has 5 atom stereocenters. The van der Waals surface area contributed by atoms with Gasteiger partial charge in [-0.2, -0.15) is 0 Å². The van der Waals surface area contributed by atoms with Gasteiger partial charge < -0.3 is 85.0 Å². The number of hydrogen-bond acceptors (Lipinski definition) is 21. The summed E-state index contributed by atoms with van der Waals surface area (Å²) in [5, 5.41) is 119. The van der Waals surface area contributed by atoms with Crippen LogP contribution in [0.3, 0.4) is 0 Å². The molecule has 57 heavy (non-hydrogen) atoms. The van der Waals surface area contributed by atoms with E-state index in [0.717, 1.165) is 24.3 Å². The maximum absolute atomic E-state index is 13.4. The van der Waals surface area contributed by atoms with E-state index in [9.17, 15) is 80.5 Å². The van der Waals surface area contributed by atoms with Gasteiger partial charge in [0.15, 0.2) is 81.6 Å². The van der Waals surface area contributed by atoms with Gasteiger partial charge in [0, 0.05) is 6.08 Å². The highest BCUT2D eigenvalue weighted by Gasteiger charge is 2.52. The van der Waals surface area contributed by atoms with Crippen molar-refractivity contribution in [3.63, 3.8) is 0 Å². The maximum Gasteiger partial charge on any atom is 0.340 e. The average Bonchev–Trinajstić information content (AvgIpc) is 3.16. The maximum atomic E-state index is 13.4. The molecule has 0 aromatic heterocycles. The Bertz CT molecular complexity index is 2200. The minimum atomic E-state index is -2.37. The van der Waals surface area contributed by atoms with Crippen LogP contribution in [-0.4, -0.2) is 122 Å². The van der Waals surface area contributed by atoms with Gasteiger partial charge in [-0.3, -0.25) is 0 Å². The number of aromatic hydroxyl groups is 11. The number of phenolic OH excluding ortho intramolecular Hbond substituents is 11. The number of esters is 4. The van der Waals surface area contributed by atoms with Gasteiger partial charge in [-0.1, -0.05) is 6.07 Å². The molecule has 300 valence electrons. The molecule has 0 spiro atoms. The molecule has 1 fully saturated rings. The van der Waals surface area contributed by atoms with Crippen molar-refractivity contribution in [3.8, 4) is 63.2 Å². The molecule has 0 unspecified atom stereocenters. The third kappa shape index (κ3) is 8.96. The highest BCUT2D eigenvalue weighted by Crippen LogP contribution is 2.39. The number of phenols is 11. The van der Waals surface area contributed by atoms with E-state index < -0.39 is 141 Å². The number of carbonyl (C=O) groups is 4. The normalized spacial score (nSPS) is 19.1. The molecule has 0 amide bonds. The standard InChI is InChI=1S/C36H30O21/c37-17-3-1-13(5-18(17)38)2-4-26(45)53-12-25-31(55-33(50)14-6-19(39)27(46)20(40)7-14)32(56-34(51)15-8-21(41)28(47)22(42)9-15)30(49)36(54-25)57-35(52)16-10-23(43)29(48)24(44)11-16/h1-11,25,30-32,36-44,46-49H,12H2/b4-2+/t25-,30-,31-,32-,36+/m1/s1. The van der Waals surface area contributed by atoms with E-state index in [4.69, 9.17) is 23.7 Å². The van der Waals surface area contributed by atoms with Crippen molar-refractivity contribution in [1.29, 1.82) is 0 Å². The first kappa shape index (κ1) is 40.4. The summed E-state index contributed by atoms with van der Waals surface area (Å²) in [5.74, 6) is -15.5. The van der Waals surface area contributed by atoms with Gasteiger partial charge in [0.2, 0.25) is 6.29 Å². The van der Waals surface area contributed by atoms with Crippen LogP contribution in [-0.2, 0) is 28.5 Å². The number of rotatable bonds is 10. The summed E-state index contributed by atoms with van der Waals surface area (Å²) < 4.78 is 26.9. The Morgan fingerprint density at radius 2 is 0.965 bits per heavy atom. The number of carbonyl (C=O) groups excluding carboxylic acids is 4. The first-order chi connectivity index (χ1) is 26.8. The second kappa shape index (κ2) is 16.3. The Morgan fingerprint density at radius 3 is 1.40 bits per heavy atom. The van der Waals surface area contributed by atoms with Crippen molar-refractivity contribution >= 4 is 30.0 Å². The first-order valence-corrected chi connectivity index (χ1v) is 15.9. The highest BCUT2D eigenvalue weighted by atomic mass is 16.7. The van der Waals surface area contributed by atoms with Crippen molar-refractivity contribution in [3.05, 3.63) is 82.9 Å². The van der Waals surface area contributed by atoms with Gasteiger partial charge in [-0.25, -0.2) is 19.2 Å². The van der Waals surface area contributed by atoms with Crippen LogP contribution in [0.15, 0.2) is 60.7 Å². The number of aliphatic hydroxyl groups excluding tert-OH is 1. The monoisotopic (exact) mass is 798 g/mol. The summed E-state index contributed by atoms with van der Waals surface area (Å²) in [7, 11) is 0. The van der Waals surface area contributed by atoms with Crippen LogP contribution < -0.4 is 0 Å². The van der Waals surface area contributed by atoms with E-state index in [-0.39, 0.29) is 5.56 Å². The minimum absolute atomic E-state index is 0.211. The lowest BCUT2D eigenvalue weighted by Gasteiger charge is -2.42. The molecule has 1 heterocycles. The van der Waals surface area contributed by atoms with Crippen LogP contribution in [0, 0.1) is 0 Å². The summed E-state index contributed by atoms with van der Waals surface area (Å²) in [6, 6.07) is 7.40. The molecule has 21 heteroatoms. The number of ether oxygens (including phenoxy) is 5. The van der Waals surface area contributed by atoms with Crippen LogP contribution in [0.25, 0.3) is 6.08 Å². The third-order valence-corrected chi connectivity index (χ3v) is 8.04. The fraction of sp³-hybridized carbons (Fsp3) is 0.167. The zero-order valence-electron chi connectivity index (χ0n) is 28.5. The van der Waals surface area contributed by atoms with E-state index in [2.05, 4.69) is 0 Å². The molecule has 1 saturated heterocycles. The van der Waals surface area contributed by atoms with Crippen LogP contribution in [0.2, 0.25) is 0 Å². The SMILES string of the molecule is O=C(/C=C/c1ccc(O)c(O)c1)OC[C@H]1O[C@@H](OC(=O)c2cc(O)c(O)c(O)c2)[C@H](O)[C@@H](OC(=O)c2cc(O)c(O)c(O)c2)[C@@H]1OC(=O)c1cc(O)c(O)c(O)c1. The van der Waals surface area contributed by atoms with Crippen LogP contribution in [0.5, 0.6) is 63.2 Å². The predicted molar refractivity (Wildman–Crippen MR) is 183 cm³/mol. The molecule has 21 nitrogen and oxygen atoms in total. The molecular formula is C36H30O21. The Morgan fingerprint density at radius 1 is 0.544 bits per heavy atom. The van der Waals surface area contributed by atoms with E-state index >= 15 is 0 Å². The van der Waals surface area contributed by atoms with Crippen molar-refractivity contribution < 1.29 is 104 Å². The average molecular weight is 799 g/mol. The molecule has 4 aromatic carbocycles. The Kier molecular flexibility index (Phi) is 11.6. The highest BCUT2D eigenvalue weighted by molar-refractivity contribution is 5.93. The zero-order valence-corrected chi connectivity index (χ0v) is 28.5. The lowest BCUT2D eigenvalue weighted by Crippen LogP contribution is -2.62. The summed E-state index contributed by atoms with van der Waals surface area (Å²) in [6.45, 7) is -0.982. The van der Waals surface area contributed by atoms with E-state index in [1.54, 1.807) is 0 Å². The summed E-state index contributed by atoms with van der Waals surface area (Å²) >= 11 is 0. The van der Waals surface area contributed by atoms with Gasteiger partial charge in [0.25, 0.3) is 0 Å². The molecule has 4 aromatic rings. The molecule has 0 radical (unpaired) electrons. The van der Waals surface area contributed by atoms with Gasteiger partial charge in [0.05, 0.1) is 16.7 Å². The van der Waals surface area contributed by atoms with Crippen molar-refractivity contribution in [2.45, 2.75) is 30.7 Å². The van der Waals surface area contributed by atoms with Crippen molar-refractivity contribution in [1.82, 2.24) is 0 Å². The Hall–Kier alpha value is -7.78.